The average molecular weight is 189 g/mol. The Bertz CT molecular complexity index is 419. The Morgan fingerprint density at radius 3 is 3.00 bits per heavy atom. The van der Waals surface area contributed by atoms with E-state index >= 15 is 0 Å². The minimum Gasteiger partial charge on any atom is -0.489 e. The van der Waals surface area contributed by atoms with Crippen LogP contribution >= 0.6 is 0 Å². The SMILES string of the molecule is CCC(C)Oc1cccc2cc[nH]c12. The van der Waals surface area contributed by atoms with Crippen LogP contribution in [0, 0.1) is 0 Å². The van der Waals surface area contributed by atoms with Crippen LogP contribution in [0.1, 0.15) is 20.3 Å². The summed E-state index contributed by atoms with van der Waals surface area (Å²) in [5, 5.41) is 1.20. The van der Waals surface area contributed by atoms with Crippen LogP contribution in [0.25, 0.3) is 10.9 Å². The zero-order valence-electron chi connectivity index (χ0n) is 8.58. The van der Waals surface area contributed by atoms with Crippen molar-refractivity contribution in [3.8, 4) is 5.75 Å². The summed E-state index contributed by atoms with van der Waals surface area (Å²) in [5.74, 6) is 0.946. The zero-order valence-corrected chi connectivity index (χ0v) is 8.58. The summed E-state index contributed by atoms with van der Waals surface area (Å²) in [6.45, 7) is 4.21. The molecule has 0 amide bonds. The summed E-state index contributed by atoms with van der Waals surface area (Å²) in [7, 11) is 0. The van der Waals surface area contributed by atoms with Gasteiger partial charge in [0, 0.05) is 11.6 Å². The number of hydrogen-bond donors (Lipinski definition) is 1. The predicted molar refractivity (Wildman–Crippen MR) is 58.7 cm³/mol. The molecule has 2 nitrogen and oxygen atoms in total. The lowest BCUT2D eigenvalue weighted by Crippen LogP contribution is -2.09. The Hall–Kier alpha value is -1.44. The van der Waals surface area contributed by atoms with Gasteiger partial charge in [-0.3, -0.25) is 0 Å². The van der Waals surface area contributed by atoms with Crippen LogP contribution in [0.4, 0.5) is 0 Å². The second-order valence-electron chi connectivity index (χ2n) is 3.53. The van der Waals surface area contributed by atoms with Crippen molar-refractivity contribution in [1.82, 2.24) is 4.98 Å². The van der Waals surface area contributed by atoms with Crippen LogP contribution in [0.3, 0.4) is 0 Å². The third kappa shape index (κ3) is 1.60. The number of para-hydroxylation sites is 1. The molecule has 74 valence electrons. The Labute approximate surface area is 83.9 Å². The summed E-state index contributed by atoms with van der Waals surface area (Å²) >= 11 is 0. The molecule has 1 heterocycles. The number of rotatable bonds is 3. The summed E-state index contributed by atoms with van der Waals surface area (Å²) in [6.07, 6.45) is 3.23. The van der Waals surface area contributed by atoms with Crippen LogP contribution in [0.5, 0.6) is 5.75 Å². The number of nitrogens with one attached hydrogen (secondary N) is 1. The number of aromatic nitrogens is 1. The maximum atomic E-state index is 5.80. The van der Waals surface area contributed by atoms with Gasteiger partial charge in [-0.1, -0.05) is 19.1 Å². The van der Waals surface area contributed by atoms with Gasteiger partial charge in [0.15, 0.2) is 0 Å². The first-order chi connectivity index (χ1) is 6.81. The Balaban J connectivity index is 2.36. The summed E-state index contributed by atoms with van der Waals surface area (Å²) in [5.41, 5.74) is 1.09. The average Bonchev–Trinajstić information content (AvgIpc) is 2.66. The Kier molecular flexibility index (Phi) is 2.44. The van der Waals surface area contributed by atoms with E-state index in [2.05, 4.69) is 31.0 Å². The highest BCUT2D eigenvalue weighted by Crippen LogP contribution is 2.24. The van der Waals surface area contributed by atoms with Gasteiger partial charge in [0.2, 0.25) is 0 Å². The molecule has 1 atom stereocenters. The maximum Gasteiger partial charge on any atom is 0.143 e. The summed E-state index contributed by atoms with van der Waals surface area (Å²) in [4.78, 5) is 3.19. The van der Waals surface area contributed by atoms with Crippen molar-refractivity contribution in [3.05, 3.63) is 30.5 Å². The topological polar surface area (TPSA) is 25.0 Å². The number of ether oxygens (including phenoxy) is 1. The van der Waals surface area contributed by atoms with Crippen LogP contribution in [0.2, 0.25) is 0 Å². The van der Waals surface area contributed by atoms with Crippen molar-refractivity contribution in [2.75, 3.05) is 0 Å². The van der Waals surface area contributed by atoms with Gasteiger partial charge >= 0.3 is 0 Å². The first-order valence-electron chi connectivity index (χ1n) is 5.04. The fourth-order valence-corrected chi connectivity index (χ4v) is 1.45. The standard InChI is InChI=1S/C12H15NO/c1-3-9(2)14-11-6-4-5-10-7-8-13-12(10)11/h4-9,13H,3H2,1-2H3. The van der Waals surface area contributed by atoms with Crippen LogP contribution in [-0.4, -0.2) is 11.1 Å². The second kappa shape index (κ2) is 3.74. The van der Waals surface area contributed by atoms with Gasteiger partial charge in [0.1, 0.15) is 5.75 Å². The van der Waals surface area contributed by atoms with Crippen molar-refractivity contribution in [2.24, 2.45) is 0 Å². The first-order valence-corrected chi connectivity index (χ1v) is 5.04. The lowest BCUT2D eigenvalue weighted by molar-refractivity contribution is 0.220. The molecule has 2 aromatic rings. The number of H-pyrrole nitrogens is 1. The highest BCUT2D eigenvalue weighted by molar-refractivity contribution is 5.85. The molecule has 0 fully saturated rings. The molecule has 2 heteroatoms. The molecule has 1 aromatic heterocycles. The molecular weight excluding hydrogens is 174 g/mol. The monoisotopic (exact) mass is 189 g/mol. The van der Waals surface area contributed by atoms with Crippen molar-refractivity contribution in [1.29, 1.82) is 0 Å². The van der Waals surface area contributed by atoms with Gasteiger partial charge < -0.3 is 9.72 Å². The first kappa shape index (κ1) is 9.13. The molecular formula is C12H15NO. The van der Waals surface area contributed by atoms with E-state index < -0.39 is 0 Å². The Morgan fingerprint density at radius 1 is 1.36 bits per heavy atom. The molecule has 0 aliphatic heterocycles. The van der Waals surface area contributed by atoms with Gasteiger partial charge in [-0.05, 0) is 25.5 Å². The van der Waals surface area contributed by atoms with Crippen LogP contribution in [-0.2, 0) is 0 Å². The van der Waals surface area contributed by atoms with E-state index in [9.17, 15) is 0 Å². The lowest BCUT2D eigenvalue weighted by atomic mass is 10.2. The predicted octanol–water partition coefficient (Wildman–Crippen LogP) is 3.35. The molecule has 2 rings (SSSR count). The van der Waals surface area contributed by atoms with E-state index in [1.165, 1.54) is 5.39 Å². The largest absolute Gasteiger partial charge is 0.489 e. The number of benzene rings is 1. The molecule has 0 aliphatic rings. The van der Waals surface area contributed by atoms with E-state index in [4.69, 9.17) is 4.74 Å². The fourth-order valence-electron chi connectivity index (χ4n) is 1.45. The molecule has 1 unspecified atom stereocenters. The minimum absolute atomic E-state index is 0.268. The van der Waals surface area contributed by atoms with E-state index in [0.29, 0.717) is 0 Å². The minimum atomic E-state index is 0.268. The maximum absolute atomic E-state index is 5.80. The molecule has 1 aromatic carbocycles. The second-order valence-corrected chi connectivity index (χ2v) is 3.53. The third-order valence-corrected chi connectivity index (χ3v) is 2.45. The smallest absolute Gasteiger partial charge is 0.143 e. The van der Waals surface area contributed by atoms with E-state index in [0.717, 1.165) is 17.7 Å². The van der Waals surface area contributed by atoms with Gasteiger partial charge in [0.25, 0.3) is 0 Å². The highest BCUT2D eigenvalue weighted by Gasteiger charge is 2.05. The molecule has 0 bridgehead atoms. The van der Waals surface area contributed by atoms with Gasteiger partial charge in [-0.25, -0.2) is 0 Å². The Morgan fingerprint density at radius 2 is 2.21 bits per heavy atom. The molecule has 1 N–H and O–H groups in total. The van der Waals surface area contributed by atoms with Crippen LogP contribution < -0.4 is 4.74 Å². The highest BCUT2D eigenvalue weighted by atomic mass is 16.5. The summed E-state index contributed by atoms with van der Waals surface area (Å²) < 4.78 is 5.80. The number of hydrogen-bond acceptors (Lipinski definition) is 1. The zero-order chi connectivity index (χ0) is 9.97. The molecule has 0 radical (unpaired) electrons. The number of aromatic amines is 1. The lowest BCUT2D eigenvalue weighted by Gasteiger charge is -2.12. The van der Waals surface area contributed by atoms with Crippen molar-refractivity contribution in [2.45, 2.75) is 26.4 Å². The molecule has 14 heavy (non-hydrogen) atoms. The quantitative estimate of drug-likeness (QED) is 0.787. The molecule has 0 aliphatic carbocycles. The van der Waals surface area contributed by atoms with Gasteiger partial charge in [0.05, 0.1) is 11.6 Å². The van der Waals surface area contributed by atoms with Crippen molar-refractivity contribution >= 4 is 10.9 Å². The van der Waals surface area contributed by atoms with E-state index in [1.807, 2.05) is 18.3 Å². The molecule has 0 saturated heterocycles. The van der Waals surface area contributed by atoms with Crippen molar-refractivity contribution in [3.63, 3.8) is 0 Å². The fraction of sp³-hybridized carbons (Fsp3) is 0.333. The van der Waals surface area contributed by atoms with Gasteiger partial charge in [-0.2, -0.15) is 0 Å². The third-order valence-electron chi connectivity index (χ3n) is 2.45. The molecule has 0 spiro atoms. The van der Waals surface area contributed by atoms with E-state index in [-0.39, 0.29) is 6.10 Å². The van der Waals surface area contributed by atoms with Crippen LogP contribution in [0.15, 0.2) is 30.5 Å². The number of fused-ring (bicyclic) bond motifs is 1. The normalized spacial score (nSPS) is 13.0. The van der Waals surface area contributed by atoms with E-state index in [1.54, 1.807) is 0 Å². The van der Waals surface area contributed by atoms with Crippen molar-refractivity contribution < 1.29 is 4.74 Å². The molecule has 0 saturated carbocycles. The van der Waals surface area contributed by atoms with Gasteiger partial charge in [-0.15, -0.1) is 0 Å². The summed E-state index contributed by atoms with van der Waals surface area (Å²) in [6, 6.07) is 8.16.